The predicted octanol–water partition coefficient (Wildman–Crippen LogP) is -0.0829. The number of nitrogens with zero attached hydrogens (tertiary/aromatic N) is 1. The van der Waals surface area contributed by atoms with Crippen LogP contribution in [-0.4, -0.2) is 28.5 Å². The summed E-state index contributed by atoms with van der Waals surface area (Å²) in [4.78, 5) is 10.0. The Morgan fingerprint density at radius 1 is 1.82 bits per heavy atom. The van der Waals surface area contributed by atoms with Crippen molar-refractivity contribution >= 4 is 6.09 Å². The molecule has 5 nitrogen and oxygen atoms in total. The number of aliphatic hydroxyl groups is 1. The van der Waals surface area contributed by atoms with Crippen LogP contribution in [-0.2, 0) is 0 Å². The smallest absolute Gasteiger partial charge is 0.404 e. The van der Waals surface area contributed by atoms with Crippen molar-refractivity contribution in [1.29, 1.82) is 5.26 Å². The van der Waals surface area contributed by atoms with Crippen molar-refractivity contribution in [3.63, 3.8) is 0 Å². The molecule has 0 aliphatic rings. The Morgan fingerprint density at radius 3 is 2.73 bits per heavy atom. The number of aliphatic hydroxyl groups excluding tert-OH is 1. The lowest BCUT2D eigenvalue weighted by atomic mass is 10.1. The van der Waals surface area contributed by atoms with E-state index >= 15 is 0 Å². The number of nitrogens with one attached hydrogen (secondary N) is 1. The summed E-state index contributed by atoms with van der Waals surface area (Å²) in [5.74, 6) is 0. The van der Waals surface area contributed by atoms with Crippen LogP contribution in [0.25, 0.3) is 0 Å². The van der Waals surface area contributed by atoms with Crippen molar-refractivity contribution in [1.82, 2.24) is 5.32 Å². The lowest BCUT2D eigenvalue weighted by Crippen LogP contribution is -2.33. The minimum absolute atomic E-state index is 0.114. The molecule has 5 heteroatoms. The van der Waals surface area contributed by atoms with E-state index in [1.165, 1.54) is 0 Å². The molecule has 0 aliphatic carbocycles. The molecular formula is C6H10N2O3. The molecule has 0 saturated heterocycles. The summed E-state index contributed by atoms with van der Waals surface area (Å²) in [6, 6.07) is 1.19. The highest BCUT2D eigenvalue weighted by molar-refractivity contribution is 5.64. The first-order valence-electron chi connectivity index (χ1n) is 3.13. The minimum Gasteiger partial charge on any atom is -0.465 e. The number of carbonyl (C=O) groups is 1. The molecule has 0 fully saturated rings. The quantitative estimate of drug-likeness (QED) is 0.500. The number of nitriles is 1. The lowest BCUT2D eigenvalue weighted by molar-refractivity contribution is 0.178. The van der Waals surface area contributed by atoms with Gasteiger partial charge in [-0.1, -0.05) is 0 Å². The summed E-state index contributed by atoms with van der Waals surface area (Å²) in [5.41, 5.74) is 0. The molecule has 0 spiro atoms. The molecule has 3 N–H and O–H groups in total. The van der Waals surface area contributed by atoms with Crippen molar-refractivity contribution in [2.75, 3.05) is 0 Å². The second-order valence-corrected chi connectivity index (χ2v) is 2.23. The molecule has 62 valence electrons. The Morgan fingerprint density at radius 2 is 2.36 bits per heavy atom. The van der Waals surface area contributed by atoms with Gasteiger partial charge in [0, 0.05) is 12.5 Å². The van der Waals surface area contributed by atoms with Gasteiger partial charge in [-0.15, -0.1) is 0 Å². The van der Waals surface area contributed by atoms with E-state index in [2.05, 4.69) is 5.32 Å². The lowest BCUT2D eigenvalue weighted by Gasteiger charge is -2.10. The Bertz CT molecular complexity index is 175. The van der Waals surface area contributed by atoms with Crippen LogP contribution >= 0.6 is 0 Å². The van der Waals surface area contributed by atoms with Crippen LogP contribution < -0.4 is 5.32 Å². The minimum atomic E-state index is -1.15. The van der Waals surface area contributed by atoms with Crippen molar-refractivity contribution in [2.24, 2.45) is 0 Å². The van der Waals surface area contributed by atoms with Crippen molar-refractivity contribution in [2.45, 2.75) is 25.5 Å². The van der Waals surface area contributed by atoms with Crippen LogP contribution in [0.4, 0.5) is 4.79 Å². The van der Waals surface area contributed by atoms with Gasteiger partial charge in [-0.2, -0.15) is 5.26 Å². The Kier molecular flexibility index (Phi) is 4.00. The van der Waals surface area contributed by atoms with Gasteiger partial charge in [-0.25, -0.2) is 4.79 Å². The van der Waals surface area contributed by atoms with Gasteiger partial charge in [-0.3, -0.25) is 0 Å². The summed E-state index contributed by atoms with van der Waals surface area (Å²) in [6.07, 6.45) is -2.14. The first-order valence-corrected chi connectivity index (χ1v) is 3.13. The van der Waals surface area contributed by atoms with E-state index in [4.69, 9.17) is 15.5 Å². The van der Waals surface area contributed by atoms with Crippen molar-refractivity contribution in [3.05, 3.63) is 0 Å². The topological polar surface area (TPSA) is 93.4 Å². The zero-order chi connectivity index (χ0) is 8.85. The van der Waals surface area contributed by atoms with Gasteiger partial charge in [0.2, 0.25) is 0 Å². The molecule has 0 aromatic heterocycles. The van der Waals surface area contributed by atoms with Crippen molar-refractivity contribution in [3.8, 4) is 6.07 Å². The Balaban J connectivity index is 3.62. The van der Waals surface area contributed by atoms with Crippen LogP contribution in [0.2, 0.25) is 0 Å². The van der Waals surface area contributed by atoms with Gasteiger partial charge in [0.05, 0.1) is 6.07 Å². The van der Waals surface area contributed by atoms with E-state index in [9.17, 15) is 4.79 Å². The Labute approximate surface area is 64.3 Å². The summed E-state index contributed by atoms with van der Waals surface area (Å²) in [7, 11) is 0. The number of rotatable bonds is 3. The number of hydrogen-bond acceptors (Lipinski definition) is 3. The third kappa shape index (κ3) is 5.18. The first-order chi connectivity index (χ1) is 5.06. The highest BCUT2D eigenvalue weighted by Crippen LogP contribution is 1.95. The molecule has 2 atom stereocenters. The normalized spacial score (nSPS) is 14.6. The van der Waals surface area contributed by atoms with Gasteiger partial charge >= 0.3 is 6.09 Å². The molecule has 0 bridgehead atoms. The molecule has 1 unspecified atom stereocenters. The summed E-state index contributed by atoms with van der Waals surface area (Å²) >= 11 is 0. The molecule has 0 rings (SSSR count). The average molecular weight is 158 g/mol. The molecule has 0 aromatic rings. The zero-order valence-electron chi connectivity index (χ0n) is 6.11. The molecule has 0 aromatic carbocycles. The second kappa shape index (κ2) is 4.52. The Hall–Kier alpha value is -1.28. The second-order valence-electron chi connectivity index (χ2n) is 2.23. The highest BCUT2D eigenvalue weighted by atomic mass is 16.4. The largest absolute Gasteiger partial charge is 0.465 e. The predicted molar refractivity (Wildman–Crippen MR) is 36.9 cm³/mol. The van der Waals surface area contributed by atoms with Crippen molar-refractivity contribution < 1.29 is 15.0 Å². The number of carboxylic acid groups (broad SMARTS) is 1. The van der Waals surface area contributed by atoms with Gasteiger partial charge in [0.1, 0.15) is 6.10 Å². The molecule has 0 saturated carbocycles. The van der Waals surface area contributed by atoms with Gasteiger partial charge in [0.15, 0.2) is 0 Å². The van der Waals surface area contributed by atoms with Crippen LogP contribution in [0.1, 0.15) is 13.3 Å². The van der Waals surface area contributed by atoms with Gasteiger partial charge < -0.3 is 15.5 Å². The average Bonchev–Trinajstić information content (AvgIpc) is 1.85. The summed E-state index contributed by atoms with van der Waals surface area (Å²) in [5, 5.41) is 27.2. The maximum absolute atomic E-state index is 10.0. The van der Waals surface area contributed by atoms with E-state index in [-0.39, 0.29) is 6.42 Å². The molecule has 0 aliphatic heterocycles. The molecule has 1 amide bonds. The van der Waals surface area contributed by atoms with Crippen LogP contribution in [0.5, 0.6) is 0 Å². The fourth-order valence-corrected chi connectivity index (χ4v) is 0.657. The third-order valence-corrected chi connectivity index (χ3v) is 1.10. The van der Waals surface area contributed by atoms with Crippen LogP contribution in [0.15, 0.2) is 0 Å². The fourth-order valence-electron chi connectivity index (χ4n) is 0.657. The molecular weight excluding hydrogens is 148 g/mol. The summed E-state index contributed by atoms with van der Waals surface area (Å²) in [6.45, 7) is 1.58. The van der Waals surface area contributed by atoms with E-state index in [1.807, 2.05) is 0 Å². The van der Waals surface area contributed by atoms with Gasteiger partial charge in [-0.05, 0) is 6.92 Å². The molecule has 0 heterocycles. The van der Waals surface area contributed by atoms with E-state index < -0.39 is 18.2 Å². The zero-order valence-corrected chi connectivity index (χ0v) is 6.11. The summed E-state index contributed by atoms with van der Waals surface area (Å²) < 4.78 is 0. The molecule has 0 radical (unpaired) electrons. The maximum atomic E-state index is 10.0. The van der Waals surface area contributed by atoms with Crippen LogP contribution in [0.3, 0.4) is 0 Å². The monoisotopic (exact) mass is 158 g/mol. The third-order valence-electron chi connectivity index (χ3n) is 1.10. The van der Waals surface area contributed by atoms with E-state index in [1.54, 1.807) is 13.0 Å². The van der Waals surface area contributed by atoms with Crippen LogP contribution in [0, 0.1) is 11.3 Å². The van der Waals surface area contributed by atoms with Gasteiger partial charge in [0.25, 0.3) is 0 Å². The fraction of sp³-hybridized carbons (Fsp3) is 0.667. The standard InChI is InChI=1S/C6H10N2O3/c1-4(8-6(10)11)2-5(9)3-7/h4-5,8-9H,2H2,1H3,(H,10,11)/t4?,5-/m0/s1. The molecule has 11 heavy (non-hydrogen) atoms. The SMILES string of the molecule is CC(C[C@H](O)C#N)NC(=O)O. The maximum Gasteiger partial charge on any atom is 0.404 e. The number of hydrogen-bond donors (Lipinski definition) is 3. The first kappa shape index (κ1) is 9.72. The highest BCUT2D eigenvalue weighted by Gasteiger charge is 2.10. The van der Waals surface area contributed by atoms with E-state index in [0.29, 0.717) is 0 Å². The number of amides is 1. The van der Waals surface area contributed by atoms with E-state index in [0.717, 1.165) is 0 Å².